The van der Waals surface area contributed by atoms with Crippen molar-refractivity contribution >= 4 is 5.97 Å². The molecule has 1 saturated carbocycles. The van der Waals surface area contributed by atoms with Gasteiger partial charge >= 0.3 is 5.97 Å². The lowest BCUT2D eigenvalue weighted by molar-refractivity contribution is -0.177. The molecule has 2 N–H and O–H groups in total. The normalized spacial score (nSPS) is 32.3. The molecular weight excluding hydrogens is 208 g/mol. The van der Waals surface area contributed by atoms with E-state index >= 15 is 0 Å². The number of hydrogen-bond donors (Lipinski definition) is 2. The molecule has 0 aromatic carbocycles. The van der Waals surface area contributed by atoms with E-state index in [4.69, 9.17) is 4.74 Å². The van der Waals surface area contributed by atoms with Crippen LogP contribution >= 0.6 is 0 Å². The minimum absolute atomic E-state index is 0.339. The van der Waals surface area contributed by atoms with Gasteiger partial charge in [0.2, 0.25) is 0 Å². The molecule has 4 heteroatoms. The van der Waals surface area contributed by atoms with E-state index in [1.54, 1.807) is 7.11 Å². The molecule has 0 aromatic rings. The molecule has 16 heavy (non-hydrogen) atoms. The number of aliphatic carboxylic acids is 1. The highest BCUT2D eigenvalue weighted by Crippen LogP contribution is 2.38. The summed E-state index contributed by atoms with van der Waals surface area (Å²) in [6.07, 6.45) is 4.09. The molecule has 0 radical (unpaired) electrons. The van der Waals surface area contributed by atoms with E-state index in [-0.39, 0.29) is 6.10 Å². The van der Waals surface area contributed by atoms with E-state index in [9.17, 15) is 15.0 Å². The SMILES string of the molecule is CCCC(C(=O)O)C1(O)CCCCC1OC. The zero-order valence-corrected chi connectivity index (χ0v) is 10.1. The number of carboxylic acid groups (broad SMARTS) is 1. The molecule has 1 aliphatic carbocycles. The zero-order chi connectivity index (χ0) is 12.2. The van der Waals surface area contributed by atoms with Crippen LogP contribution in [0.2, 0.25) is 0 Å². The average Bonchev–Trinajstić information content (AvgIpc) is 2.25. The van der Waals surface area contributed by atoms with Gasteiger partial charge in [-0.05, 0) is 19.3 Å². The molecular formula is C12H22O4. The van der Waals surface area contributed by atoms with E-state index < -0.39 is 17.5 Å². The van der Waals surface area contributed by atoms with Crippen LogP contribution < -0.4 is 0 Å². The summed E-state index contributed by atoms with van der Waals surface area (Å²) in [5, 5.41) is 19.8. The lowest BCUT2D eigenvalue weighted by Crippen LogP contribution is -2.54. The van der Waals surface area contributed by atoms with E-state index in [0.29, 0.717) is 12.8 Å². The van der Waals surface area contributed by atoms with Crippen molar-refractivity contribution in [2.75, 3.05) is 7.11 Å². The van der Waals surface area contributed by atoms with Crippen molar-refractivity contribution in [3.05, 3.63) is 0 Å². The van der Waals surface area contributed by atoms with Crippen molar-refractivity contribution in [2.24, 2.45) is 5.92 Å². The molecule has 0 spiro atoms. The van der Waals surface area contributed by atoms with Crippen molar-refractivity contribution < 1.29 is 19.7 Å². The number of aliphatic hydroxyl groups is 1. The minimum Gasteiger partial charge on any atom is -0.481 e. The summed E-state index contributed by atoms with van der Waals surface area (Å²) in [7, 11) is 1.55. The van der Waals surface area contributed by atoms with E-state index in [0.717, 1.165) is 25.7 Å². The van der Waals surface area contributed by atoms with Crippen molar-refractivity contribution in [1.29, 1.82) is 0 Å². The van der Waals surface area contributed by atoms with Crippen LogP contribution in [0.15, 0.2) is 0 Å². The van der Waals surface area contributed by atoms with Gasteiger partial charge < -0.3 is 14.9 Å². The molecule has 3 unspecified atom stereocenters. The molecule has 3 atom stereocenters. The molecule has 0 bridgehead atoms. The molecule has 1 aliphatic rings. The van der Waals surface area contributed by atoms with Gasteiger partial charge in [-0.25, -0.2) is 0 Å². The fourth-order valence-corrected chi connectivity index (χ4v) is 2.75. The Morgan fingerprint density at radius 2 is 2.25 bits per heavy atom. The molecule has 1 rings (SSSR count). The third-order valence-electron chi connectivity index (χ3n) is 3.61. The van der Waals surface area contributed by atoms with Crippen LogP contribution in [-0.2, 0) is 9.53 Å². The molecule has 1 fully saturated rings. The molecule has 94 valence electrons. The fraction of sp³-hybridized carbons (Fsp3) is 0.917. The molecule has 0 amide bonds. The van der Waals surface area contributed by atoms with Crippen LogP contribution in [0.4, 0.5) is 0 Å². The predicted molar refractivity (Wildman–Crippen MR) is 60.2 cm³/mol. The standard InChI is InChI=1S/C12H22O4/c1-3-6-9(11(13)14)12(15)8-5-4-7-10(12)16-2/h9-10,15H,3-8H2,1-2H3,(H,13,14). The second kappa shape index (κ2) is 5.64. The lowest BCUT2D eigenvalue weighted by atomic mass is 9.72. The lowest BCUT2D eigenvalue weighted by Gasteiger charge is -2.42. The first-order valence-corrected chi connectivity index (χ1v) is 6.04. The predicted octanol–water partition coefficient (Wildman–Crippen LogP) is 1.81. The first kappa shape index (κ1) is 13.5. The third kappa shape index (κ3) is 2.55. The number of methoxy groups -OCH3 is 1. The number of rotatable bonds is 5. The van der Waals surface area contributed by atoms with E-state index in [2.05, 4.69) is 0 Å². The van der Waals surface area contributed by atoms with E-state index in [1.807, 2.05) is 6.92 Å². The van der Waals surface area contributed by atoms with Crippen molar-refractivity contribution in [3.8, 4) is 0 Å². The number of carboxylic acids is 1. The van der Waals surface area contributed by atoms with Crippen LogP contribution in [0.5, 0.6) is 0 Å². The fourth-order valence-electron chi connectivity index (χ4n) is 2.75. The average molecular weight is 230 g/mol. The largest absolute Gasteiger partial charge is 0.481 e. The number of hydrogen-bond acceptors (Lipinski definition) is 3. The summed E-state index contributed by atoms with van der Waals surface area (Å²) in [6.45, 7) is 1.93. The maximum absolute atomic E-state index is 11.2. The van der Waals surface area contributed by atoms with Gasteiger partial charge in [0, 0.05) is 7.11 Å². The Morgan fingerprint density at radius 1 is 1.56 bits per heavy atom. The van der Waals surface area contributed by atoms with Gasteiger partial charge in [0.25, 0.3) is 0 Å². The van der Waals surface area contributed by atoms with Crippen LogP contribution in [0.1, 0.15) is 45.4 Å². The van der Waals surface area contributed by atoms with Gasteiger partial charge in [0.1, 0.15) is 5.60 Å². The molecule has 0 heterocycles. The van der Waals surface area contributed by atoms with Crippen LogP contribution in [0.3, 0.4) is 0 Å². The van der Waals surface area contributed by atoms with Crippen LogP contribution in [0, 0.1) is 5.92 Å². The van der Waals surface area contributed by atoms with Gasteiger partial charge in [-0.2, -0.15) is 0 Å². The van der Waals surface area contributed by atoms with Crippen molar-refractivity contribution in [1.82, 2.24) is 0 Å². The third-order valence-corrected chi connectivity index (χ3v) is 3.61. The summed E-state index contributed by atoms with van der Waals surface area (Å²) in [4.78, 5) is 11.2. The van der Waals surface area contributed by atoms with Crippen LogP contribution in [0.25, 0.3) is 0 Å². The first-order valence-electron chi connectivity index (χ1n) is 6.04. The smallest absolute Gasteiger partial charge is 0.309 e. The van der Waals surface area contributed by atoms with Gasteiger partial charge in [-0.1, -0.05) is 26.2 Å². The molecule has 4 nitrogen and oxygen atoms in total. The Kier molecular flexibility index (Phi) is 4.74. The van der Waals surface area contributed by atoms with Gasteiger partial charge in [0.15, 0.2) is 0 Å². The number of carbonyl (C=O) groups is 1. The zero-order valence-electron chi connectivity index (χ0n) is 10.1. The van der Waals surface area contributed by atoms with Gasteiger partial charge in [-0.3, -0.25) is 4.79 Å². The minimum atomic E-state index is -1.19. The Bertz CT molecular complexity index is 241. The highest BCUT2D eigenvalue weighted by molar-refractivity contribution is 5.71. The molecule has 0 aliphatic heterocycles. The van der Waals surface area contributed by atoms with Gasteiger partial charge in [0.05, 0.1) is 12.0 Å². The Labute approximate surface area is 96.6 Å². The van der Waals surface area contributed by atoms with Crippen molar-refractivity contribution in [2.45, 2.75) is 57.2 Å². The maximum atomic E-state index is 11.2. The first-order chi connectivity index (χ1) is 7.56. The maximum Gasteiger partial charge on any atom is 0.309 e. The highest BCUT2D eigenvalue weighted by Gasteiger charge is 2.48. The molecule has 0 saturated heterocycles. The summed E-state index contributed by atoms with van der Waals surface area (Å²) in [5.41, 5.74) is -1.19. The molecule has 0 aromatic heterocycles. The Balaban J connectivity index is 2.88. The quantitative estimate of drug-likeness (QED) is 0.756. The van der Waals surface area contributed by atoms with Crippen molar-refractivity contribution in [3.63, 3.8) is 0 Å². The highest BCUT2D eigenvalue weighted by atomic mass is 16.5. The topological polar surface area (TPSA) is 66.8 Å². The summed E-state index contributed by atoms with van der Waals surface area (Å²) in [6, 6.07) is 0. The summed E-state index contributed by atoms with van der Waals surface area (Å²) in [5.74, 6) is -1.61. The second-order valence-corrected chi connectivity index (χ2v) is 4.64. The van der Waals surface area contributed by atoms with Gasteiger partial charge in [-0.15, -0.1) is 0 Å². The second-order valence-electron chi connectivity index (χ2n) is 4.64. The Hall–Kier alpha value is -0.610. The number of ether oxygens (including phenoxy) is 1. The summed E-state index contributed by atoms with van der Waals surface area (Å²) < 4.78 is 5.27. The monoisotopic (exact) mass is 230 g/mol. The van der Waals surface area contributed by atoms with Crippen LogP contribution in [-0.4, -0.2) is 35.0 Å². The Morgan fingerprint density at radius 3 is 2.75 bits per heavy atom. The van der Waals surface area contributed by atoms with E-state index in [1.165, 1.54) is 0 Å². The summed E-state index contributed by atoms with van der Waals surface area (Å²) >= 11 is 0.